The van der Waals surface area contributed by atoms with Crippen LogP contribution in [0.3, 0.4) is 0 Å². The Labute approximate surface area is 193 Å². The van der Waals surface area contributed by atoms with Crippen molar-refractivity contribution in [2.24, 2.45) is 0 Å². The molecular formula is C26H55NO4. The number of aliphatic hydroxyl groups is 2. The van der Waals surface area contributed by atoms with Crippen LogP contribution in [-0.2, 0) is 9.68 Å². The van der Waals surface area contributed by atoms with Gasteiger partial charge in [-0.25, -0.2) is 0 Å². The van der Waals surface area contributed by atoms with Gasteiger partial charge in [0.1, 0.15) is 0 Å². The summed E-state index contributed by atoms with van der Waals surface area (Å²) in [5.41, 5.74) is 2.63. The van der Waals surface area contributed by atoms with Gasteiger partial charge in [0.05, 0.1) is 13.2 Å². The number of hydrogen-bond acceptors (Lipinski definition) is 5. The molecule has 0 rings (SSSR count). The van der Waals surface area contributed by atoms with Crippen LogP contribution < -0.4 is 5.64 Å². The van der Waals surface area contributed by atoms with Gasteiger partial charge >= 0.3 is 0 Å². The Morgan fingerprint density at radius 3 is 0.806 bits per heavy atom. The van der Waals surface area contributed by atoms with E-state index in [1.807, 2.05) is 0 Å². The van der Waals surface area contributed by atoms with Crippen LogP contribution in [0.4, 0.5) is 0 Å². The summed E-state index contributed by atoms with van der Waals surface area (Å²) in [5.74, 6) is 0. The molecule has 188 valence electrons. The first-order chi connectivity index (χ1) is 15.4. The molecule has 0 aliphatic heterocycles. The maximum atomic E-state index is 8.73. The summed E-state index contributed by atoms with van der Waals surface area (Å²) < 4.78 is 0. The van der Waals surface area contributed by atoms with Crippen LogP contribution in [0.5, 0.6) is 0 Å². The molecule has 0 aromatic carbocycles. The molecule has 0 unspecified atom stereocenters. The van der Waals surface area contributed by atoms with Gasteiger partial charge in [-0.15, -0.1) is 0 Å². The molecule has 0 aliphatic rings. The Hall–Kier alpha value is -0.200. The first-order valence-electron chi connectivity index (χ1n) is 13.6. The number of hydrogen-bond donors (Lipinski definition) is 3. The highest BCUT2D eigenvalue weighted by atomic mass is 16.9. The minimum absolute atomic E-state index is 0.348. The van der Waals surface area contributed by atoms with Crippen LogP contribution in [0, 0.1) is 0 Å². The van der Waals surface area contributed by atoms with Gasteiger partial charge in [0.25, 0.3) is 0 Å². The lowest BCUT2D eigenvalue weighted by atomic mass is 10.1. The van der Waals surface area contributed by atoms with Crippen molar-refractivity contribution < 1.29 is 19.9 Å². The van der Waals surface area contributed by atoms with E-state index in [2.05, 4.69) is 5.64 Å². The zero-order valence-electron chi connectivity index (χ0n) is 20.6. The molecular weight excluding hydrogens is 390 g/mol. The minimum Gasteiger partial charge on any atom is -0.396 e. The summed E-state index contributed by atoms with van der Waals surface area (Å²) >= 11 is 0. The standard InChI is InChI=1S/C26H55NO4/c28-23-19-15-11-7-3-1-5-9-13-17-21-25-30-27-31-26-22-18-14-10-6-2-4-8-12-16-20-24-29/h27-29H,1-26H2. The zero-order chi connectivity index (χ0) is 22.5. The van der Waals surface area contributed by atoms with E-state index in [9.17, 15) is 0 Å². The van der Waals surface area contributed by atoms with E-state index in [1.54, 1.807) is 0 Å². The van der Waals surface area contributed by atoms with Crippen LogP contribution >= 0.6 is 0 Å². The third kappa shape index (κ3) is 29.8. The van der Waals surface area contributed by atoms with E-state index in [4.69, 9.17) is 19.9 Å². The van der Waals surface area contributed by atoms with Crippen molar-refractivity contribution >= 4 is 0 Å². The second-order valence-electron chi connectivity index (χ2n) is 9.01. The fraction of sp³-hybridized carbons (Fsp3) is 1.00. The second-order valence-corrected chi connectivity index (χ2v) is 9.01. The minimum atomic E-state index is 0.348. The molecule has 0 saturated carbocycles. The third-order valence-electron chi connectivity index (χ3n) is 5.93. The Morgan fingerprint density at radius 2 is 0.548 bits per heavy atom. The van der Waals surface area contributed by atoms with Gasteiger partial charge in [0.15, 0.2) is 0 Å². The van der Waals surface area contributed by atoms with Crippen LogP contribution in [0.15, 0.2) is 0 Å². The normalized spacial score (nSPS) is 11.4. The van der Waals surface area contributed by atoms with Crippen molar-refractivity contribution in [2.45, 2.75) is 141 Å². The predicted molar refractivity (Wildman–Crippen MR) is 131 cm³/mol. The number of rotatable bonds is 28. The van der Waals surface area contributed by atoms with E-state index < -0.39 is 0 Å². The molecule has 0 aromatic rings. The molecule has 5 nitrogen and oxygen atoms in total. The van der Waals surface area contributed by atoms with Gasteiger partial charge in [-0.1, -0.05) is 121 Å². The molecule has 0 heterocycles. The Morgan fingerprint density at radius 1 is 0.323 bits per heavy atom. The number of nitrogens with one attached hydrogen (secondary N) is 1. The van der Waals surface area contributed by atoms with Crippen molar-refractivity contribution in [3.8, 4) is 0 Å². The Bertz CT molecular complexity index is 277. The van der Waals surface area contributed by atoms with Crippen molar-refractivity contribution in [1.82, 2.24) is 5.64 Å². The fourth-order valence-electron chi connectivity index (χ4n) is 3.88. The molecule has 3 N–H and O–H groups in total. The molecule has 0 atom stereocenters. The monoisotopic (exact) mass is 445 g/mol. The summed E-state index contributed by atoms with van der Waals surface area (Å²) in [7, 11) is 0. The lowest BCUT2D eigenvalue weighted by Gasteiger charge is -2.07. The van der Waals surface area contributed by atoms with Crippen molar-refractivity contribution in [1.29, 1.82) is 0 Å². The fourth-order valence-corrected chi connectivity index (χ4v) is 3.88. The lowest BCUT2D eigenvalue weighted by molar-refractivity contribution is -0.171. The van der Waals surface area contributed by atoms with Gasteiger partial charge in [0, 0.05) is 13.2 Å². The van der Waals surface area contributed by atoms with E-state index >= 15 is 0 Å². The molecule has 0 aromatic heterocycles. The van der Waals surface area contributed by atoms with Crippen molar-refractivity contribution in [3.05, 3.63) is 0 Å². The molecule has 0 spiro atoms. The highest BCUT2D eigenvalue weighted by Crippen LogP contribution is 2.12. The van der Waals surface area contributed by atoms with Gasteiger partial charge in [-0.3, -0.25) is 9.68 Å². The average molecular weight is 446 g/mol. The summed E-state index contributed by atoms with van der Waals surface area (Å²) in [4.78, 5) is 10.7. The molecule has 0 fully saturated rings. The summed E-state index contributed by atoms with van der Waals surface area (Å²) in [6.07, 6.45) is 27.6. The number of unbranched alkanes of at least 4 members (excludes halogenated alkanes) is 20. The largest absolute Gasteiger partial charge is 0.396 e. The second kappa shape index (κ2) is 29.8. The zero-order valence-corrected chi connectivity index (χ0v) is 20.6. The van der Waals surface area contributed by atoms with E-state index in [0.29, 0.717) is 13.2 Å². The van der Waals surface area contributed by atoms with E-state index in [1.165, 1.54) is 116 Å². The highest BCUT2D eigenvalue weighted by Gasteiger charge is 1.96. The molecule has 0 aliphatic carbocycles. The Balaban J connectivity index is 2.98. The molecule has 0 amide bonds. The van der Waals surface area contributed by atoms with Gasteiger partial charge in [-0.2, -0.15) is 0 Å². The van der Waals surface area contributed by atoms with Crippen LogP contribution in [0.25, 0.3) is 0 Å². The van der Waals surface area contributed by atoms with Gasteiger partial charge < -0.3 is 10.2 Å². The summed E-state index contributed by atoms with van der Waals surface area (Å²) in [6, 6.07) is 0. The van der Waals surface area contributed by atoms with Crippen molar-refractivity contribution in [3.63, 3.8) is 0 Å². The lowest BCUT2D eigenvalue weighted by Crippen LogP contribution is -2.16. The molecule has 0 saturated heterocycles. The van der Waals surface area contributed by atoms with Crippen LogP contribution in [-0.4, -0.2) is 36.6 Å². The van der Waals surface area contributed by atoms with E-state index in [0.717, 1.165) is 38.9 Å². The first kappa shape index (κ1) is 30.8. The average Bonchev–Trinajstić information content (AvgIpc) is 2.78. The molecule has 5 heteroatoms. The first-order valence-corrected chi connectivity index (χ1v) is 13.6. The van der Waals surface area contributed by atoms with Crippen LogP contribution in [0.1, 0.15) is 141 Å². The maximum absolute atomic E-state index is 8.73. The highest BCUT2D eigenvalue weighted by molar-refractivity contribution is 4.49. The predicted octanol–water partition coefficient (Wildman–Crippen LogP) is 7.01. The summed E-state index contributed by atoms with van der Waals surface area (Å²) in [5, 5.41) is 17.5. The topological polar surface area (TPSA) is 71.0 Å². The SMILES string of the molecule is OCCCCCCCCCCCCCONOCCCCCCCCCCCCCO. The third-order valence-corrected chi connectivity index (χ3v) is 5.93. The van der Waals surface area contributed by atoms with Gasteiger partial charge in [-0.05, 0) is 25.7 Å². The quantitative estimate of drug-likeness (QED) is 0.0892. The maximum Gasteiger partial charge on any atom is 0.0709 e. The van der Waals surface area contributed by atoms with Crippen LogP contribution in [0.2, 0.25) is 0 Å². The number of aliphatic hydroxyl groups excluding tert-OH is 2. The van der Waals surface area contributed by atoms with Crippen molar-refractivity contribution in [2.75, 3.05) is 26.4 Å². The molecule has 0 radical (unpaired) electrons. The summed E-state index contributed by atoms with van der Waals surface area (Å²) in [6.45, 7) is 2.15. The van der Waals surface area contributed by atoms with E-state index in [-0.39, 0.29) is 0 Å². The Kier molecular flexibility index (Phi) is 29.6. The smallest absolute Gasteiger partial charge is 0.0709 e. The van der Waals surface area contributed by atoms with Gasteiger partial charge in [0.2, 0.25) is 0 Å². The molecule has 31 heavy (non-hydrogen) atoms. The molecule has 0 bridgehead atoms.